The standard InChI is InChI=1S/C20H20/c1-13-9-10-17(12-14(13)2)20-16(4)11-15(3)18-7-5-6-8-19(18)20/h5-12H,1-4H3. The third kappa shape index (κ3) is 2.02. The van der Waals surface area contributed by atoms with Gasteiger partial charge in [0, 0.05) is 0 Å². The largest absolute Gasteiger partial charge is 0.0616 e. The van der Waals surface area contributed by atoms with Crippen LogP contribution in [0.3, 0.4) is 0 Å². The van der Waals surface area contributed by atoms with Gasteiger partial charge in [0.1, 0.15) is 0 Å². The second kappa shape index (κ2) is 4.79. The topological polar surface area (TPSA) is 0 Å². The summed E-state index contributed by atoms with van der Waals surface area (Å²) in [5.41, 5.74) is 8.10. The quantitative estimate of drug-likeness (QED) is 0.523. The predicted molar refractivity (Wildman–Crippen MR) is 88.3 cm³/mol. The van der Waals surface area contributed by atoms with E-state index in [1.54, 1.807) is 0 Å². The predicted octanol–water partition coefficient (Wildman–Crippen LogP) is 5.74. The van der Waals surface area contributed by atoms with Gasteiger partial charge in [0.25, 0.3) is 0 Å². The maximum Gasteiger partial charge on any atom is -0.00758 e. The maximum absolute atomic E-state index is 2.30. The molecule has 0 saturated heterocycles. The fraction of sp³-hybridized carbons (Fsp3) is 0.200. The van der Waals surface area contributed by atoms with Crippen LogP contribution in [-0.2, 0) is 0 Å². The molecule has 3 aromatic carbocycles. The molecule has 0 nitrogen and oxygen atoms in total. The summed E-state index contributed by atoms with van der Waals surface area (Å²) in [6, 6.07) is 17.8. The van der Waals surface area contributed by atoms with Crippen molar-refractivity contribution in [3.8, 4) is 11.1 Å². The molecule has 0 aromatic heterocycles. The lowest BCUT2D eigenvalue weighted by Crippen LogP contribution is -1.91. The zero-order chi connectivity index (χ0) is 14.3. The average molecular weight is 260 g/mol. The highest BCUT2D eigenvalue weighted by Crippen LogP contribution is 2.34. The van der Waals surface area contributed by atoms with Gasteiger partial charge in [0.15, 0.2) is 0 Å². The van der Waals surface area contributed by atoms with Crippen LogP contribution in [0.1, 0.15) is 22.3 Å². The zero-order valence-corrected chi connectivity index (χ0v) is 12.6. The van der Waals surface area contributed by atoms with Crippen molar-refractivity contribution < 1.29 is 0 Å². The Labute approximate surface area is 121 Å². The molecule has 0 spiro atoms. The Hall–Kier alpha value is -2.08. The average Bonchev–Trinajstić information content (AvgIpc) is 2.43. The molecule has 0 amide bonds. The molecule has 0 aliphatic carbocycles. The lowest BCUT2D eigenvalue weighted by Gasteiger charge is -2.14. The number of benzene rings is 3. The van der Waals surface area contributed by atoms with Crippen molar-refractivity contribution in [2.45, 2.75) is 27.7 Å². The molecular weight excluding hydrogens is 240 g/mol. The van der Waals surface area contributed by atoms with Gasteiger partial charge in [-0.2, -0.15) is 0 Å². The van der Waals surface area contributed by atoms with Crippen molar-refractivity contribution in [3.05, 3.63) is 70.8 Å². The van der Waals surface area contributed by atoms with E-state index in [0.29, 0.717) is 0 Å². The first-order chi connectivity index (χ1) is 9.58. The number of fused-ring (bicyclic) bond motifs is 1. The Balaban J connectivity index is 2.38. The van der Waals surface area contributed by atoms with Crippen LogP contribution in [0.15, 0.2) is 48.5 Å². The molecule has 0 heteroatoms. The first-order valence-electron chi connectivity index (χ1n) is 7.14. The number of hydrogen-bond acceptors (Lipinski definition) is 0. The summed E-state index contributed by atoms with van der Waals surface area (Å²) < 4.78 is 0. The summed E-state index contributed by atoms with van der Waals surface area (Å²) in [5.74, 6) is 0. The molecule has 0 saturated carbocycles. The fourth-order valence-electron chi connectivity index (χ4n) is 3.01. The molecule has 3 aromatic rings. The van der Waals surface area contributed by atoms with Crippen molar-refractivity contribution in [1.82, 2.24) is 0 Å². The van der Waals surface area contributed by atoms with E-state index in [9.17, 15) is 0 Å². The SMILES string of the molecule is Cc1ccc(-c2c(C)cc(C)c3ccccc23)cc1C. The summed E-state index contributed by atoms with van der Waals surface area (Å²) in [5, 5.41) is 2.71. The second-order valence-corrected chi connectivity index (χ2v) is 5.73. The Bertz CT molecular complexity index is 794. The van der Waals surface area contributed by atoms with Gasteiger partial charge in [-0.3, -0.25) is 0 Å². The fourth-order valence-corrected chi connectivity index (χ4v) is 3.01. The van der Waals surface area contributed by atoms with Gasteiger partial charge < -0.3 is 0 Å². The molecular formula is C20H20. The van der Waals surface area contributed by atoms with E-state index in [1.165, 1.54) is 44.2 Å². The van der Waals surface area contributed by atoms with Gasteiger partial charge in [0.2, 0.25) is 0 Å². The van der Waals surface area contributed by atoms with Crippen molar-refractivity contribution in [3.63, 3.8) is 0 Å². The summed E-state index contributed by atoms with van der Waals surface area (Å²) in [6.45, 7) is 8.76. The lowest BCUT2D eigenvalue weighted by atomic mass is 9.90. The molecule has 0 bridgehead atoms. The molecule has 0 atom stereocenters. The maximum atomic E-state index is 2.30. The summed E-state index contributed by atoms with van der Waals surface area (Å²) in [6.07, 6.45) is 0. The van der Waals surface area contributed by atoms with Crippen LogP contribution in [0.4, 0.5) is 0 Å². The van der Waals surface area contributed by atoms with Crippen LogP contribution < -0.4 is 0 Å². The van der Waals surface area contributed by atoms with Crippen LogP contribution in [0, 0.1) is 27.7 Å². The van der Waals surface area contributed by atoms with E-state index in [1.807, 2.05) is 0 Å². The van der Waals surface area contributed by atoms with Gasteiger partial charge in [-0.15, -0.1) is 0 Å². The molecule has 100 valence electrons. The van der Waals surface area contributed by atoms with Crippen molar-refractivity contribution in [1.29, 1.82) is 0 Å². The first-order valence-corrected chi connectivity index (χ1v) is 7.14. The van der Waals surface area contributed by atoms with E-state index in [2.05, 4.69) is 76.2 Å². The third-order valence-electron chi connectivity index (χ3n) is 4.24. The van der Waals surface area contributed by atoms with Crippen molar-refractivity contribution in [2.24, 2.45) is 0 Å². The van der Waals surface area contributed by atoms with E-state index in [-0.39, 0.29) is 0 Å². The van der Waals surface area contributed by atoms with Crippen LogP contribution in [-0.4, -0.2) is 0 Å². The third-order valence-corrected chi connectivity index (χ3v) is 4.24. The smallest absolute Gasteiger partial charge is 0.00758 e. The minimum Gasteiger partial charge on any atom is -0.0616 e. The summed E-state index contributed by atoms with van der Waals surface area (Å²) >= 11 is 0. The molecule has 20 heavy (non-hydrogen) atoms. The normalized spacial score (nSPS) is 11.0. The van der Waals surface area contributed by atoms with Crippen LogP contribution in [0.25, 0.3) is 21.9 Å². The molecule has 0 N–H and O–H groups in total. The van der Waals surface area contributed by atoms with Gasteiger partial charge in [0.05, 0.1) is 0 Å². The molecule has 0 fully saturated rings. The van der Waals surface area contributed by atoms with Crippen LogP contribution in [0.2, 0.25) is 0 Å². The highest BCUT2D eigenvalue weighted by Gasteiger charge is 2.10. The molecule has 0 radical (unpaired) electrons. The molecule has 0 unspecified atom stereocenters. The monoisotopic (exact) mass is 260 g/mol. The van der Waals surface area contributed by atoms with Gasteiger partial charge >= 0.3 is 0 Å². The van der Waals surface area contributed by atoms with E-state index in [0.717, 1.165) is 0 Å². The van der Waals surface area contributed by atoms with E-state index >= 15 is 0 Å². The first kappa shape index (κ1) is 12.9. The Kier molecular flexibility index (Phi) is 3.10. The number of rotatable bonds is 1. The second-order valence-electron chi connectivity index (χ2n) is 5.73. The highest BCUT2D eigenvalue weighted by atomic mass is 14.1. The summed E-state index contributed by atoms with van der Waals surface area (Å²) in [7, 11) is 0. The van der Waals surface area contributed by atoms with Gasteiger partial charge in [-0.25, -0.2) is 0 Å². The molecule has 3 rings (SSSR count). The van der Waals surface area contributed by atoms with Crippen molar-refractivity contribution >= 4 is 10.8 Å². The summed E-state index contributed by atoms with van der Waals surface area (Å²) in [4.78, 5) is 0. The number of hydrogen-bond donors (Lipinski definition) is 0. The Morgan fingerprint density at radius 3 is 1.95 bits per heavy atom. The van der Waals surface area contributed by atoms with Gasteiger partial charge in [-0.1, -0.05) is 48.5 Å². The Morgan fingerprint density at radius 2 is 1.25 bits per heavy atom. The Morgan fingerprint density at radius 1 is 0.550 bits per heavy atom. The molecule has 0 aliphatic rings. The number of aryl methyl sites for hydroxylation is 4. The van der Waals surface area contributed by atoms with Crippen LogP contribution in [0.5, 0.6) is 0 Å². The minimum atomic E-state index is 1.32. The van der Waals surface area contributed by atoms with Gasteiger partial charge in [-0.05, 0) is 71.8 Å². The highest BCUT2D eigenvalue weighted by molar-refractivity contribution is 6.00. The lowest BCUT2D eigenvalue weighted by molar-refractivity contribution is 1.34. The van der Waals surface area contributed by atoms with E-state index in [4.69, 9.17) is 0 Å². The van der Waals surface area contributed by atoms with Crippen molar-refractivity contribution in [2.75, 3.05) is 0 Å². The molecule has 0 heterocycles. The minimum absolute atomic E-state index is 1.32. The molecule has 0 aliphatic heterocycles. The zero-order valence-electron chi connectivity index (χ0n) is 12.6. The van der Waals surface area contributed by atoms with E-state index < -0.39 is 0 Å². The van der Waals surface area contributed by atoms with Crippen LogP contribution >= 0.6 is 0 Å².